The highest BCUT2D eigenvalue weighted by Crippen LogP contribution is 2.30. The molecule has 0 unspecified atom stereocenters. The number of hydrogen-bond donors (Lipinski definition) is 0. The van der Waals surface area contributed by atoms with Gasteiger partial charge in [0.2, 0.25) is 0 Å². The van der Waals surface area contributed by atoms with Crippen LogP contribution in [0.2, 0.25) is 0 Å². The molecule has 42 heavy (non-hydrogen) atoms. The Balaban J connectivity index is 0.000000124. The highest BCUT2D eigenvalue weighted by Gasteiger charge is 2.08. The summed E-state index contributed by atoms with van der Waals surface area (Å²) in [4.78, 5) is 13.1. The third kappa shape index (κ3) is 8.41. The number of carbonyl (C=O) groups excluding carboxylic acids is 1. The second-order valence-electron chi connectivity index (χ2n) is 9.52. The maximum atomic E-state index is 8.95. The number of hydrogen-bond acceptors (Lipinski definition) is 9. The molecule has 0 aliphatic carbocycles. The van der Waals surface area contributed by atoms with Crippen LogP contribution in [0.1, 0.15) is 33.4 Å². The molecule has 9 heteroatoms. The van der Waals surface area contributed by atoms with E-state index in [4.69, 9.17) is 4.79 Å². The smallest absolute Gasteiger partial charge is 0.292 e. The van der Waals surface area contributed by atoms with Crippen molar-refractivity contribution < 1.29 is 9.53 Å². The number of methoxy groups -OCH3 is 1. The molecule has 4 aliphatic heterocycles. The van der Waals surface area contributed by atoms with E-state index >= 15 is 0 Å². The van der Waals surface area contributed by atoms with Gasteiger partial charge in [-0.25, -0.2) is 0 Å². The minimum Gasteiger partial charge on any atom is -0.471 e. The van der Waals surface area contributed by atoms with Gasteiger partial charge in [-0.15, -0.1) is 0 Å². The lowest BCUT2D eigenvalue weighted by Gasteiger charge is -1.96. The number of azo groups is 3. The van der Waals surface area contributed by atoms with Crippen molar-refractivity contribution in [2.75, 3.05) is 7.11 Å². The molecule has 212 valence electrons. The normalized spacial score (nSPS) is 12.9. The molecule has 4 heterocycles. The number of nitrogens with zero attached hydrogens (tertiary/aromatic N) is 7. The molecule has 4 aromatic carbocycles. The Labute approximate surface area is 245 Å². The summed E-state index contributed by atoms with van der Waals surface area (Å²) < 4.78 is 3.86. The van der Waals surface area contributed by atoms with Crippen LogP contribution < -0.4 is 0 Å². The highest BCUT2D eigenvalue weighted by molar-refractivity contribution is 5.75. The zero-order valence-corrected chi connectivity index (χ0v) is 24.0. The van der Waals surface area contributed by atoms with Gasteiger partial charge in [-0.05, 0) is 48.7 Å². The fourth-order valence-corrected chi connectivity index (χ4v) is 4.24. The maximum absolute atomic E-state index is 8.95. The first-order chi connectivity index (χ1) is 20.6. The largest absolute Gasteiger partial charge is 0.471 e. The monoisotopic (exact) mass is 559 g/mol. The topological polar surface area (TPSA) is 113 Å². The second kappa shape index (κ2) is 15.6. The first-order valence-electron chi connectivity index (χ1n) is 13.5. The van der Waals surface area contributed by atoms with Gasteiger partial charge in [0.1, 0.15) is 0 Å². The molecule has 0 saturated carbocycles. The van der Waals surface area contributed by atoms with E-state index in [0.29, 0.717) is 6.47 Å². The van der Waals surface area contributed by atoms with Crippen molar-refractivity contribution in [2.24, 2.45) is 35.7 Å². The zero-order valence-electron chi connectivity index (χ0n) is 24.0. The number of fused-ring (bicyclic) bond motifs is 4. The molecule has 0 amide bonds. The molecule has 0 spiro atoms. The standard InChI is InChI=1S/2C8H8N2.C8H7N.C7H6N2.C2H4O2/c1-6-2-3-7-5-9-10-8(7)4-6;1-6-3-2-4-7-5-9-10-8(6)7;1-2-4-8-7(3-1)5-6-9-8;1-2-4-7-6(3-1)5-8-9-7;1-4-2-3/h2*2-4H,5H2,1H3;1-4,6H,5H2;1-4H,5H2;2H,1H3. The van der Waals surface area contributed by atoms with Gasteiger partial charge >= 0.3 is 0 Å². The van der Waals surface area contributed by atoms with Gasteiger partial charge in [-0.2, -0.15) is 30.7 Å². The fourth-order valence-electron chi connectivity index (χ4n) is 4.24. The van der Waals surface area contributed by atoms with Crippen LogP contribution >= 0.6 is 0 Å². The van der Waals surface area contributed by atoms with E-state index in [1.165, 1.54) is 40.5 Å². The van der Waals surface area contributed by atoms with E-state index in [1.807, 2.05) is 48.7 Å². The summed E-state index contributed by atoms with van der Waals surface area (Å²) in [6.07, 6.45) is 2.96. The van der Waals surface area contributed by atoms with Crippen molar-refractivity contribution in [3.8, 4) is 0 Å². The van der Waals surface area contributed by atoms with Crippen molar-refractivity contribution in [2.45, 2.75) is 39.9 Å². The molecule has 0 atom stereocenters. The number of aryl methyl sites for hydroxylation is 2. The van der Waals surface area contributed by atoms with E-state index in [0.717, 1.165) is 48.8 Å². The first-order valence-corrected chi connectivity index (χ1v) is 13.5. The average molecular weight is 560 g/mol. The van der Waals surface area contributed by atoms with Crippen LogP contribution in [0, 0.1) is 13.8 Å². The molecule has 0 fully saturated rings. The number of para-hydroxylation sites is 1. The number of aliphatic imine (C=N–C) groups is 1. The number of ether oxygens (including phenoxy) is 1. The van der Waals surface area contributed by atoms with Crippen LogP contribution in [-0.2, 0) is 35.6 Å². The van der Waals surface area contributed by atoms with Gasteiger partial charge < -0.3 is 4.74 Å². The Morgan fingerprint density at radius 3 is 1.93 bits per heavy atom. The Morgan fingerprint density at radius 2 is 1.24 bits per heavy atom. The summed E-state index contributed by atoms with van der Waals surface area (Å²) in [5.74, 6) is 0. The molecule has 0 radical (unpaired) electrons. The van der Waals surface area contributed by atoms with Crippen LogP contribution in [0.4, 0.5) is 22.7 Å². The molecule has 9 nitrogen and oxygen atoms in total. The quantitative estimate of drug-likeness (QED) is 0.216. The van der Waals surface area contributed by atoms with E-state index in [1.54, 1.807) is 0 Å². The van der Waals surface area contributed by atoms with E-state index in [2.05, 4.69) is 96.7 Å². The summed E-state index contributed by atoms with van der Waals surface area (Å²) in [6, 6.07) is 28.7. The average Bonchev–Trinajstić information content (AvgIpc) is 3.85. The Bertz CT molecular complexity index is 1570. The van der Waals surface area contributed by atoms with Crippen molar-refractivity contribution in [1.29, 1.82) is 0 Å². The molecule has 0 saturated heterocycles. The fraction of sp³-hybridized carbons (Fsp3) is 0.212. The predicted molar refractivity (Wildman–Crippen MR) is 165 cm³/mol. The van der Waals surface area contributed by atoms with Gasteiger partial charge in [0.25, 0.3) is 6.47 Å². The van der Waals surface area contributed by atoms with Crippen LogP contribution in [0.3, 0.4) is 0 Å². The third-order valence-corrected chi connectivity index (χ3v) is 6.43. The summed E-state index contributed by atoms with van der Waals surface area (Å²) in [6.45, 7) is 6.78. The van der Waals surface area contributed by atoms with Gasteiger partial charge in [0.05, 0.1) is 49.5 Å². The predicted octanol–water partition coefficient (Wildman–Crippen LogP) is 9.20. The van der Waals surface area contributed by atoms with E-state index in [-0.39, 0.29) is 0 Å². The van der Waals surface area contributed by atoms with Crippen molar-refractivity contribution in [1.82, 2.24) is 0 Å². The lowest BCUT2D eigenvalue weighted by atomic mass is 10.1. The van der Waals surface area contributed by atoms with Crippen molar-refractivity contribution >= 4 is 35.4 Å². The second-order valence-corrected chi connectivity index (χ2v) is 9.52. The van der Waals surface area contributed by atoms with E-state index < -0.39 is 0 Å². The molecule has 0 N–H and O–H groups in total. The van der Waals surface area contributed by atoms with Crippen LogP contribution in [0.15, 0.2) is 121 Å². The lowest BCUT2D eigenvalue weighted by molar-refractivity contribution is -0.126. The summed E-state index contributed by atoms with van der Waals surface area (Å²) in [5, 5.41) is 23.7. The molecular weight excluding hydrogens is 526 g/mol. The maximum Gasteiger partial charge on any atom is 0.292 e. The minimum absolute atomic E-state index is 0.375. The highest BCUT2D eigenvalue weighted by atomic mass is 16.5. The molecule has 0 bridgehead atoms. The Hall–Kier alpha value is -5.18. The number of carbonyl (C=O) groups is 1. The minimum atomic E-state index is 0.375. The molecular formula is C33H33N7O2. The Kier molecular flexibility index (Phi) is 11.0. The number of benzene rings is 4. The molecule has 4 aliphatic rings. The molecule has 0 aromatic heterocycles. The Morgan fingerprint density at radius 1 is 0.643 bits per heavy atom. The van der Waals surface area contributed by atoms with Crippen LogP contribution in [0.25, 0.3) is 0 Å². The zero-order chi connectivity index (χ0) is 29.6. The van der Waals surface area contributed by atoms with Gasteiger partial charge in [0.15, 0.2) is 0 Å². The third-order valence-electron chi connectivity index (χ3n) is 6.43. The van der Waals surface area contributed by atoms with Crippen molar-refractivity contribution in [3.05, 3.63) is 118 Å². The summed E-state index contributed by atoms with van der Waals surface area (Å²) in [7, 11) is 1.31. The SMILES string of the molecule is C1=Nc2ccccc2C1.COC=O.Cc1ccc2c(c1)N=NC2.Cc1cccc2c1N=NC2.c1ccc2c(c1)CN=N2. The van der Waals surface area contributed by atoms with Crippen molar-refractivity contribution in [3.63, 3.8) is 0 Å². The summed E-state index contributed by atoms with van der Waals surface area (Å²) >= 11 is 0. The number of rotatable bonds is 1. The van der Waals surface area contributed by atoms with Gasteiger partial charge in [-0.1, -0.05) is 66.7 Å². The van der Waals surface area contributed by atoms with E-state index in [9.17, 15) is 0 Å². The van der Waals surface area contributed by atoms with Crippen LogP contribution in [-0.4, -0.2) is 19.8 Å². The van der Waals surface area contributed by atoms with Gasteiger partial charge in [-0.3, -0.25) is 9.79 Å². The van der Waals surface area contributed by atoms with Crippen LogP contribution in [0.5, 0.6) is 0 Å². The first kappa shape index (κ1) is 29.8. The molecule has 4 aromatic rings. The summed E-state index contributed by atoms with van der Waals surface area (Å²) in [5.41, 5.74) is 11.8. The van der Waals surface area contributed by atoms with Gasteiger partial charge in [0, 0.05) is 29.3 Å². The molecule has 8 rings (SSSR count). The lowest BCUT2D eigenvalue weighted by Crippen LogP contribution is -1.77.